The third kappa shape index (κ3) is 3.87. The Morgan fingerprint density at radius 2 is 1.67 bits per heavy atom. The SMILES string of the molecule is Cn1c(Cc2ccccc2)ncc(-c2ccc(-c3ccc4cc[nH]c(=O)c4c3)c(F)c2)c1=O. The van der Waals surface area contributed by atoms with Gasteiger partial charge in [-0.2, -0.15) is 0 Å². The van der Waals surface area contributed by atoms with E-state index in [2.05, 4.69) is 9.97 Å². The molecule has 3 aromatic carbocycles. The summed E-state index contributed by atoms with van der Waals surface area (Å²) < 4.78 is 16.6. The van der Waals surface area contributed by atoms with Gasteiger partial charge in [-0.05, 0) is 40.3 Å². The molecule has 0 aliphatic heterocycles. The lowest BCUT2D eigenvalue weighted by atomic mass is 9.99. The molecule has 162 valence electrons. The summed E-state index contributed by atoms with van der Waals surface area (Å²) in [6.45, 7) is 0. The summed E-state index contributed by atoms with van der Waals surface area (Å²) in [6.07, 6.45) is 3.62. The van der Waals surface area contributed by atoms with Crippen LogP contribution in [-0.4, -0.2) is 14.5 Å². The smallest absolute Gasteiger partial charge is 0.261 e. The lowest BCUT2D eigenvalue weighted by Gasteiger charge is -2.11. The van der Waals surface area contributed by atoms with Crippen LogP contribution in [0.15, 0.2) is 94.8 Å². The zero-order valence-electron chi connectivity index (χ0n) is 17.9. The summed E-state index contributed by atoms with van der Waals surface area (Å²) >= 11 is 0. The topological polar surface area (TPSA) is 67.8 Å². The van der Waals surface area contributed by atoms with Gasteiger partial charge in [0.1, 0.15) is 11.6 Å². The van der Waals surface area contributed by atoms with Gasteiger partial charge in [0, 0.05) is 36.8 Å². The second-order valence-electron chi connectivity index (χ2n) is 7.92. The first-order valence-electron chi connectivity index (χ1n) is 10.5. The Labute approximate surface area is 188 Å². The van der Waals surface area contributed by atoms with Crippen LogP contribution in [0.3, 0.4) is 0 Å². The monoisotopic (exact) mass is 437 g/mol. The average Bonchev–Trinajstić information content (AvgIpc) is 2.83. The van der Waals surface area contributed by atoms with E-state index in [1.54, 1.807) is 49.6 Å². The van der Waals surface area contributed by atoms with Crippen LogP contribution in [0, 0.1) is 5.82 Å². The molecule has 0 aliphatic carbocycles. The first-order valence-corrected chi connectivity index (χ1v) is 10.5. The molecule has 0 saturated heterocycles. The van der Waals surface area contributed by atoms with E-state index in [-0.39, 0.29) is 11.1 Å². The maximum absolute atomic E-state index is 15.1. The minimum Gasteiger partial charge on any atom is -0.329 e. The fraction of sp³-hybridized carbons (Fsp3) is 0.0741. The number of halogens is 1. The van der Waals surface area contributed by atoms with Gasteiger partial charge >= 0.3 is 0 Å². The van der Waals surface area contributed by atoms with Crippen molar-refractivity contribution in [2.24, 2.45) is 7.05 Å². The van der Waals surface area contributed by atoms with Gasteiger partial charge in [-0.25, -0.2) is 9.37 Å². The highest BCUT2D eigenvalue weighted by Gasteiger charge is 2.13. The Morgan fingerprint density at radius 3 is 2.45 bits per heavy atom. The molecule has 2 aromatic heterocycles. The first kappa shape index (κ1) is 20.6. The molecule has 2 heterocycles. The van der Waals surface area contributed by atoms with Crippen LogP contribution in [0.25, 0.3) is 33.0 Å². The minimum absolute atomic E-state index is 0.225. The number of rotatable bonds is 4. The summed E-state index contributed by atoms with van der Waals surface area (Å²) in [4.78, 5) is 32.2. The molecule has 0 aliphatic rings. The van der Waals surface area contributed by atoms with Gasteiger partial charge in [0.15, 0.2) is 0 Å². The van der Waals surface area contributed by atoms with Crippen molar-refractivity contribution in [3.63, 3.8) is 0 Å². The molecule has 0 saturated carbocycles. The van der Waals surface area contributed by atoms with Crippen LogP contribution in [0.1, 0.15) is 11.4 Å². The van der Waals surface area contributed by atoms with E-state index in [0.717, 1.165) is 10.9 Å². The molecule has 6 heteroatoms. The maximum atomic E-state index is 15.1. The average molecular weight is 437 g/mol. The fourth-order valence-electron chi connectivity index (χ4n) is 3.99. The lowest BCUT2D eigenvalue weighted by molar-refractivity contribution is 0.631. The highest BCUT2D eigenvalue weighted by molar-refractivity contribution is 5.86. The standard InChI is InChI=1S/C27H20FN3O2/c1-31-25(13-17-5-3-2-4-6-17)30-16-23(27(31)33)20-9-10-21(24(28)15-20)19-8-7-18-11-12-29-26(32)22(18)14-19/h2-12,14-16H,13H2,1H3,(H,29,32). The number of hydrogen-bond acceptors (Lipinski definition) is 3. The second kappa shape index (κ2) is 8.31. The van der Waals surface area contributed by atoms with Crippen LogP contribution in [-0.2, 0) is 13.5 Å². The van der Waals surface area contributed by atoms with Crippen molar-refractivity contribution >= 4 is 10.8 Å². The molecule has 0 bridgehead atoms. The van der Waals surface area contributed by atoms with Crippen molar-refractivity contribution in [1.29, 1.82) is 0 Å². The van der Waals surface area contributed by atoms with Crippen LogP contribution < -0.4 is 11.1 Å². The molecular weight excluding hydrogens is 417 g/mol. The summed E-state index contributed by atoms with van der Waals surface area (Å²) in [7, 11) is 1.68. The molecule has 0 fully saturated rings. The number of fused-ring (bicyclic) bond motifs is 1. The molecule has 1 N–H and O–H groups in total. The van der Waals surface area contributed by atoms with Gasteiger partial charge in [-0.15, -0.1) is 0 Å². The molecule has 5 nitrogen and oxygen atoms in total. The number of nitrogens with one attached hydrogen (secondary N) is 1. The Bertz CT molecular complexity index is 1600. The largest absolute Gasteiger partial charge is 0.329 e. The second-order valence-corrected chi connectivity index (χ2v) is 7.92. The number of H-pyrrole nitrogens is 1. The third-order valence-corrected chi connectivity index (χ3v) is 5.84. The zero-order valence-corrected chi connectivity index (χ0v) is 17.9. The Kier molecular flexibility index (Phi) is 5.18. The van der Waals surface area contributed by atoms with Gasteiger partial charge in [0.2, 0.25) is 0 Å². The molecule has 5 aromatic rings. The van der Waals surface area contributed by atoms with Gasteiger partial charge in [0.25, 0.3) is 11.1 Å². The van der Waals surface area contributed by atoms with E-state index in [0.29, 0.717) is 39.9 Å². The van der Waals surface area contributed by atoms with Crippen LogP contribution in [0.4, 0.5) is 4.39 Å². The van der Waals surface area contributed by atoms with Crippen LogP contribution >= 0.6 is 0 Å². The highest BCUT2D eigenvalue weighted by Crippen LogP contribution is 2.28. The van der Waals surface area contributed by atoms with E-state index >= 15 is 4.39 Å². The molecule has 0 unspecified atom stereocenters. The van der Waals surface area contributed by atoms with E-state index in [4.69, 9.17) is 0 Å². The van der Waals surface area contributed by atoms with Crippen LogP contribution in [0.2, 0.25) is 0 Å². The Hall–Kier alpha value is -4.32. The number of pyridine rings is 1. The number of aromatic amines is 1. The van der Waals surface area contributed by atoms with Crippen molar-refractivity contribution in [3.8, 4) is 22.3 Å². The van der Waals surface area contributed by atoms with Crippen molar-refractivity contribution in [1.82, 2.24) is 14.5 Å². The predicted octanol–water partition coefficient (Wildman–Crippen LogP) is 4.69. The lowest BCUT2D eigenvalue weighted by Crippen LogP contribution is -2.23. The van der Waals surface area contributed by atoms with Crippen molar-refractivity contribution in [2.75, 3.05) is 0 Å². The molecule has 5 rings (SSSR count). The number of benzene rings is 3. The van der Waals surface area contributed by atoms with E-state index in [9.17, 15) is 9.59 Å². The molecule has 0 atom stereocenters. The van der Waals surface area contributed by atoms with Crippen LogP contribution in [0.5, 0.6) is 0 Å². The van der Waals surface area contributed by atoms with Crippen molar-refractivity contribution in [2.45, 2.75) is 6.42 Å². The predicted molar refractivity (Wildman–Crippen MR) is 128 cm³/mol. The summed E-state index contributed by atoms with van der Waals surface area (Å²) in [5.41, 5.74) is 2.32. The van der Waals surface area contributed by atoms with Crippen molar-refractivity contribution in [3.05, 3.63) is 123 Å². The first-order chi connectivity index (χ1) is 16.0. The number of aromatic nitrogens is 3. The van der Waals surface area contributed by atoms with E-state index < -0.39 is 5.82 Å². The highest BCUT2D eigenvalue weighted by atomic mass is 19.1. The third-order valence-electron chi connectivity index (χ3n) is 5.84. The quantitative estimate of drug-likeness (QED) is 0.444. The molecule has 0 radical (unpaired) electrons. The molecular formula is C27H20FN3O2. The number of nitrogens with zero attached hydrogens (tertiary/aromatic N) is 2. The minimum atomic E-state index is -0.477. The molecule has 0 amide bonds. The van der Waals surface area contributed by atoms with E-state index in [1.165, 1.54) is 16.8 Å². The molecule has 33 heavy (non-hydrogen) atoms. The van der Waals surface area contributed by atoms with Gasteiger partial charge in [-0.3, -0.25) is 14.2 Å². The summed E-state index contributed by atoms with van der Waals surface area (Å²) in [5.74, 6) is 0.156. The molecule has 0 spiro atoms. The van der Waals surface area contributed by atoms with Gasteiger partial charge in [0.05, 0.1) is 5.56 Å². The van der Waals surface area contributed by atoms with Crippen molar-refractivity contribution < 1.29 is 4.39 Å². The number of hydrogen-bond donors (Lipinski definition) is 1. The Balaban J connectivity index is 1.51. The summed E-state index contributed by atoms with van der Waals surface area (Å²) in [5, 5.41) is 1.27. The van der Waals surface area contributed by atoms with Gasteiger partial charge < -0.3 is 4.98 Å². The fourth-order valence-corrected chi connectivity index (χ4v) is 3.99. The normalized spacial score (nSPS) is 11.1. The van der Waals surface area contributed by atoms with E-state index in [1.807, 2.05) is 30.3 Å². The van der Waals surface area contributed by atoms with Gasteiger partial charge in [-0.1, -0.05) is 54.6 Å². The zero-order chi connectivity index (χ0) is 22.9. The maximum Gasteiger partial charge on any atom is 0.261 e. The summed E-state index contributed by atoms with van der Waals surface area (Å²) in [6, 6.07) is 21.5. The Morgan fingerprint density at radius 1 is 0.909 bits per heavy atom.